The summed E-state index contributed by atoms with van der Waals surface area (Å²) in [6.07, 6.45) is 3.80. The van der Waals surface area contributed by atoms with Gasteiger partial charge in [0.05, 0.1) is 19.4 Å². The van der Waals surface area contributed by atoms with Crippen molar-refractivity contribution in [1.29, 1.82) is 0 Å². The highest BCUT2D eigenvalue weighted by Crippen LogP contribution is 2.35. The molecule has 4 amide bonds. The van der Waals surface area contributed by atoms with E-state index >= 15 is 0 Å². The summed E-state index contributed by atoms with van der Waals surface area (Å²) < 4.78 is 18.5. The van der Waals surface area contributed by atoms with E-state index < -0.39 is 24.4 Å². The second kappa shape index (κ2) is 13.8. The van der Waals surface area contributed by atoms with Crippen LogP contribution >= 0.6 is 22.6 Å². The Morgan fingerprint density at radius 1 is 1.07 bits per heavy atom. The van der Waals surface area contributed by atoms with Gasteiger partial charge in [0, 0.05) is 9.13 Å². The van der Waals surface area contributed by atoms with Gasteiger partial charge in [-0.15, -0.1) is 6.58 Å². The number of imide groups is 1. The van der Waals surface area contributed by atoms with Gasteiger partial charge in [0.2, 0.25) is 5.91 Å². The maximum atomic E-state index is 13.1. The molecule has 2 N–H and O–H groups in total. The lowest BCUT2D eigenvalue weighted by Crippen LogP contribution is -2.38. The molecule has 0 aromatic heterocycles. The molecule has 1 aliphatic rings. The molecule has 0 spiro atoms. The first-order chi connectivity index (χ1) is 19.8. The van der Waals surface area contributed by atoms with Crippen molar-refractivity contribution >= 4 is 52.2 Å². The third kappa shape index (κ3) is 7.46. The van der Waals surface area contributed by atoms with Crippen LogP contribution in [0, 0.1) is 3.57 Å². The molecule has 0 saturated carbocycles. The van der Waals surface area contributed by atoms with E-state index in [1.54, 1.807) is 42.5 Å². The molecule has 4 rings (SSSR count). The van der Waals surface area contributed by atoms with Gasteiger partial charge in [-0.3, -0.25) is 9.59 Å². The number of ether oxygens (including phenoxy) is 3. The van der Waals surface area contributed by atoms with Crippen LogP contribution in [0.25, 0.3) is 6.08 Å². The first kappa shape index (κ1) is 29.7. The molecule has 1 heterocycles. The second-order valence-electron chi connectivity index (χ2n) is 8.98. The van der Waals surface area contributed by atoms with E-state index in [9.17, 15) is 14.4 Å². The Morgan fingerprint density at radius 2 is 1.83 bits per heavy atom. The Bertz CT molecular complexity index is 1490. The Balaban J connectivity index is 1.54. The lowest BCUT2D eigenvalue weighted by molar-refractivity contribution is -0.127. The van der Waals surface area contributed by atoms with Crippen LogP contribution in [-0.2, 0) is 22.6 Å². The van der Waals surface area contributed by atoms with E-state index in [1.807, 2.05) is 37.3 Å². The number of para-hydroxylation sites is 2. The predicted molar refractivity (Wildman–Crippen MR) is 165 cm³/mol. The molecule has 41 heavy (non-hydrogen) atoms. The van der Waals surface area contributed by atoms with Crippen LogP contribution in [-0.4, -0.2) is 43.0 Å². The molecule has 1 aliphatic heterocycles. The Hall–Kier alpha value is -4.32. The largest absolute Gasteiger partial charge is 0.495 e. The molecule has 0 unspecified atom stereocenters. The van der Waals surface area contributed by atoms with Crippen LogP contribution in [0.5, 0.6) is 17.2 Å². The van der Waals surface area contributed by atoms with Crippen LogP contribution in [0.4, 0.5) is 10.5 Å². The number of nitrogens with zero attached hydrogens (tertiary/aromatic N) is 1. The number of rotatable bonds is 12. The molecule has 1 saturated heterocycles. The first-order valence-electron chi connectivity index (χ1n) is 12.9. The van der Waals surface area contributed by atoms with Crippen LogP contribution in [0.2, 0.25) is 0 Å². The number of urea groups is 1. The smallest absolute Gasteiger partial charge is 0.329 e. The van der Waals surface area contributed by atoms with Gasteiger partial charge in [-0.1, -0.05) is 30.3 Å². The predicted octanol–water partition coefficient (Wildman–Crippen LogP) is 5.54. The molecule has 3 aromatic carbocycles. The third-order valence-corrected chi connectivity index (χ3v) is 6.79. The van der Waals surface area contributed by atoms with Crippen LogP contribution in [0.3, 0.4) is 0 Å². The van der Waals surface area contributed by atoms with E-state index in [-0.39, 0.29) is 5.70 Å². The molecular weight excluding hydrogens is 637 g/mol. The number of amides is 4. The highest BCUT2D eigenvalue weighted by molar-refractivity contribution is 14.1. The van der Waals surface area contributed by atoms with Crippen molar-refractivity contribution in [2.24, 2.45) is 0 Å². The van der Waals surface area contributed by atoms with Gasteiger partial charge in [0.25, 0.3) is 5.91 Å². The van der Waals surface area contributed by atoms with Crippen molar-refractivity contribution in [2.45, 2.75) is 20.0 Å². The van der Waals surface area contributed by atoms with E-state index in [0.29, 0.717) is 48.1 Å². The van der Waals surface area contributed by atoms with Crippen LogP contribution < -0.4 is 24.8 Å². The SMILES string of the molecule is C=CCc1cc(/C=C2/NC(=O)N(CC(=O)Nc3ccccc3OC)C2=O)cc(OCC)c1OCc1ccc(I)cc1. The molecular formula is C31H30IN3O6. The first-order valence-corrected chi connectivity index (χ1v) is 14.0. The quantitative estimate of drug-likeness (QED) is 0.114. The summed E-state index contributed by atoms with van der Waals surface area (Å²) >= 11 is 2.25. The van der Waals surface area contributed by atoms with E-state index in [1.165, 1.54) is 7.11 Å². The molecule has 0 atom stereocenters. The second-order valence-corrected chi connectivity index (χ2v) is 10.2. The summed E-state index contributed by atoms with van der Waals surface area (Å²) in [4.78, 5) is 39.2. The molecule has 0 radical (unpaired) electrons. The van der Waals surface area contributed by atoms with Gasteiger partial charge >= 0.3 is 6.03 Å². The van der Waals surface area contributed by atoms with Crippen molar-refractivity contribution in [3.63, 3.8) is 0 Å². The number of methoxy groups -OCH3 is 1. The van der Waals surface area contributed by atoms with Gasteiger partial charge in [-0.2, -0.15) is 0 Å². The minimum absolute atomic E-state index is 0.0413. The normalized spacial score (nSPS) is 13.6. The average Bonchev–Trinajstić information content (AvgIpc) is 3.21. The number of hydrogen-bond acceptors (Lipinski definition) is 6. The van der Waals surface area contributed by atoms with Gasteiger partial charge < -0.3 is 24.8 Å². The fourth-order valence-electron chi connectivity index (χ4n) is 4.20. The lowest BCUT2D eigenvalue weighted by Gasteiger charge is -2.17. The summed E-state index contributed by atoms with van der Waals surface area (Å²) in [5.74, 6) is 0.399. The number of halogens is 1. The molecule has 3 aromatic rings. The maximum Gasteiger partial charge on any atom is 0.329 e. The number of allylic oxidation sites excluding steroid dienone is 1. The minimum atomic E-state index is -0.690. The molecule has 10 heteroatoms. The fourth-order valence-corrected chi connectivity index (χ4v) is 4.56. The minimum Gasteiger partial charge on any atom is -0.495 e. The molecule has 0 bridgehead atoms. The van der Waals surface area contributed by atoms with Crippen LogP contribution in [0.15, 0.2) is 79.0 Å². The number of carbonyl (C=O) groups excluding carboxylic acids is 3. The van der Waals surface area contributed by atoms with E-state index in [0.717, 1.165) is 19.6 Å². The van der Waals surface area contributed by atoms with Gasteiger partial charge in [-0.25, -0.2) is 9.69 Å². The average molecular weight is 668 g/mol. The van der Waals surface area contributed by atoms with Crippen molar-refractivity contribution in [2.75, 3.05) is 25.6 Å². The number of anilines is 1. The fraction of sp³-hybridized carbons (Fsp3) is 0.194. The number of benzene rings is 3. The Labute approximate surface area is 252 Å². The summed E-state index contributed by atoms with van der Waals surface area (Å²) in [6.45, 7) is 6.02. The molecule has 1 fully saturated rings. The molecule has 212 valence electrons. The topological polar surface area (TPSA) is 106 Å². The Morgan fingerprint density at radius 3 is 2.54 bits per heavy atom. The highest BCUT2D eigenvalue weighted by atomic mass is 127. The zero-order valence-electron chi connectivity index (χ0n) is 22.7. The summed E-state index contributed by atoms with van der Waals surface area (Å²) in [5, 5.41) is 5.24. The molecule has 0 aliphatic carbocycles. The highest BCUT2D eigenvalue weighted by Gasteiger charge is 2.35. The van der Waals surface area contributed by atoms with Crippen molar-refractivity contribution in [3.05, 3.63) is 99.3 Å². The van der Waals surface area contributed by atoms with Gasteiger partial charge in [0.15, 0.2) is 11.5 Å². The van der Waals surface area contributed by atoms with E-state index in [2.05, 4.69) is 39.8 Å². The Kier molecular flexibility index (Phi) is 10.0. The van der Waals surface area contributed by atoms with Crippen molar-refractivity contribution < 1.29 is 28.6 Å². The molecule has 9 nitrogen and oxygen atoms in total. The van der Waals surface area contributed by atoms with Gasteiger partial charge in [-0.05, 0) is 89.5 Å². The summed E-state index contributed by atoms with van der Waals surface area (Å²) in [5.41, 5.74) is 2.92. The summed E-state index contributed by atoms with van der Waals surface area (Å²) in [6, 6.07) is 17.8. The summed E-state index contributed by atoms with van der Waals surface area (Å²) in [7, 11) is 1.49. The van der Waals surface area contributed by atoms with Crippen molar-refractivity contribution in [1.82, 2.24) is 10.2 Å². The number of nitrogens with one attached hydrogen (secondary N) is 2. The zero-order valence-corrected chi connectivity index (χ0v) is 24.9. The number of carbonyl (C=O) groups is 3. The monoisotopic (exact) mass is 667 g/mol. The standard InChI is InChI=1S/C31H30IN3O6/c1-4-8-22-15-21(17-27(40-5-2)29(22)41-19-20-11-13-23(32)14-12-20)16-25-30(37)35(31(38)34-25)18-28(36)33-24-9-6-7-10-26(24)39-3/h4,6-7,9-17H,1,5,8,18-19H2,2-3H3,(H,33,36)(H,34,38)/b25-16+. The van der Waals surface area contributed by atoms with E-state index in [4.69, 9.17) is 14.2 Å². The van der Waals surface area contributed by atoms with Gasteiger partial charge in [0.1, 0.15) is 24.6 Å². The lowest BCUT2D eigenvalue weighted by atomic mass is 10.0. The third-order valence-electron chi connectivity index (χ3n) is 6.07. The number of hydrogen-bond donors (Lipinski definition) is 2. The van der Waals surface area contributed by atoms with Crippen LogP contribution in [0.1, 0.15) is 23.6 Å². The van der Waals surface area contributed by atoms with Crippen molar-refractivity contribution in [3.8, 4) is 17.2 Å². The maximum absolute atomic E-state index is 13.1. The zero-order chi connectivity index (χ0) is 29.4.